The van der Waals surface area contributed by atoms with Gasteiger partial charge in [0.05, 0.1) is 25.9 Å². The van der Waals surface area contributed by atoms with Crippen LogP contribution in [0.4, 0.5) is 5.00 Å². The van der Waals surface area contributed by atoms with Gasteiger partial charge in [-0.3, -0.25) is 4.79 Å². The van der Waals surface area contributed by atoms with Crippen LogP contribution in [0.2, 0.25) is 0 Å². The zero-order valence-electron chi connectivity index (χ0n) is 18.3. The summed E-state index contributed by atoms with van der Waals surface area (Å²) >= 11 is 19.3. The van der Waals surface area contributed by atoms with Crippen LogP contribution in [0.5, 0.6) is 5.75 Å². The smallest absolute Gasteiger partial charge is 0.348 e. The quantitative estimate of drug-likeness (QED) is 0.265. The number of anilines is 1. The summed E-state index contributed by atoms with van der Waals surface area (Å²) in [6.07, 6.45) is -1.27. The Morgan fingerprint density at radius 3 is 2.12 bits per heavy atom. The van der Waals surface area contributed by atoms with Crippen molar-refractivity contribution in [2.45, 2.75) is 30.7 Å². The van der Waals surface area contributed by atoms with Crippen LogP contribution in [0, 0.1) is 6.92 Å². The number of halogens is 3. The van der Waals surface area contributed by atoms with Gasteiger partial charge in [0.1, 0.15) is 21.8 Å². The van der Waals surface area contributed by atoms with Crippen LogP contribution in [0.15, 0.2) is 24.3 Å². The van der Waals surface area contributed by atoms with Gasteiger partial charge >= 0.3 is 11.9 Å². The van der Waals surface area contributed by atoms with Crippen LogP contribution in [-0.4, -0.2) is 48.1 Å². The van der Waals surface area contributed by atoms with Crippen LogP contribution in [0.25, 0.3) is 0 Å². The van der Waals surface area contributed by atoms with Crippen molar-refractivity contribution in [2.24, 2.45) is 0 Å². The van der Waals surface area contributed by atoms with E-state index < -0.39 is 27.8 Å². The van der Waals surface area contributed by atoms with Gasteiger partial charge in [-0.25, -0.2) is 9.59 Å². The van der Waals surface area contributed by atoms with E-state index in [0.29, 0.717) is 11.3 Å². The van der Waals surface area contributed by atoms with Gasteiger partial charge in [0.15, 0.2) is 0 Å². The zero-order chi connectivity index (χ0) is 24.8. The van der Waals surface area contributed by atoms with Crippen molar-refractivity contribution in [3.63, 3.8) is 0 Å². The first-order valence-corrected chi connectivity index (χ1v) is 11.7. The highest BCUT2D eigenvalue weighted by molar-refractivity contribution is 7.18. The summed E-state index contributed by atoms with van der Waals surface area (Å²) in [5.41, 5.74) is 0.726. The predicted molar refractivity (Wildman–Crippen MR) is 129 cm³/mol. The van der Waals surface area contributed by atoms with Crippen molar-refractivity contribution in [3.8, 4) is 5.75 Å². The lowest BCUT2D eigenvalue weighted by Gasteiger charge is -2.27. The summed E-state index contributed by atoms with van der Waals surface area (Å²) in [4.78, 5) is 37.9. The van der Waals surface area contributed by atoms with Crippen LogP contribution in [0.3, 0.4) is 0 Å². The number of methoxy groups -OCH3 is 1. The molecule has 0 aliphatic carbocycles. The molecule has 1 aromatic carbocycles. The van der Waals surface area contributed by atoms with E-state index in [1.54, 1.807) is 45.0 Å². The maximum atomic E-state index is 12.7. The van der Waals surface area contributed by atoms with Crippen molar-refractivity contribution >= 4 is 69.0 Å². The molecular weight excluding hydrogens is 515 g/mol. The fraction of sp³-hybridized carbons (Fsp3) is 0.381. The molecule has 0 aliphatic heterocycles. The zero-order valence-corrected chi connectivity index (χ0v) is 21.4. The predicted octanol–water partition coefficient (Wildman–Crippen LogP) is 4.96. The number of ether oxygens (including phenoxy) is 3. The molecular formula is C21H23Cl3N2O6S. The lowest BCUT2D eigenvalue weighted by Crippen LogP contribution is -2.49. The Labute approximate surface area is 210 Å². The number of hydrogen-bond acceptors (Lipinski definition) is 8. The Kier molecular flexibility index (Phi) is 9.66. The minimum atomic E-state index is -2.02. The summed E-state index contributed by atoms with van der Waals surface area (Å²) in [5, 5.41) is 5.64. The minimum absolute atomic E-state index is 0.0860. The number of esters is 2. The number of rotatable bonds is 9. The highest BCUT2D eigenvalue weighted by Crippen LogP contribution is 2.38. The van der Waals surface area contributed by atoms with Gasteiger partial charge in [-0.05, 0) is 50.6 Å². The van der Waals surface area contributed by atoms with E-state index in [1.165, 1.54) is 7.11 Å². The molecule has 180 valence electrons. The molecule has 8 nitrogen and oxygen atoms in total. The van der Waals surface area contributed by atoms with E-state index in [4.69, 9.17) is 49.0 Å². The van der Waals surface area contributed by atoms with E-state index in [9.17, 15) is 14.4 Å². The van der Waals surface area contributed by atoms with Crippen LogP contribution >= 0.6 is 46.1 Å². The Balaban J connectivity index is 2.40. The minimum Gasteiger partial charge on any atom is -0.497 e. The van der Waals surface area contributed by atoms with Gasteiger partial charge in [-0.15, -0.1) is 11.3 Å². The third-order valence-corrected chi connectivity index (χ3v) is 6.18. The molecule has 33 heavy (non-hydrogen) atoms. The number of carbonyl (C=O) groups excluding carboxylic acids is 3. The summed E-state index contributed by atoms with van der Waals surface area (Å²) in [6.45, 7) is 5.17. The average molecular weight is 538 g/mol. The van der Waals surface area contributed by atoms with Gasteiger partial charge in [-0.2, -0.15) is 0 Å². The van der Waals surface area contributed by atoms with Crippen molar-refractivity contribution in [3.05, 3.63) is 45.8 Å². The number of benzene rings is 1. The maximum absolute atomic E-state index is 12.7. The Hall–Kier alpha value is -2.20. The van der Waals surface area contributed by atoms with Crippen LogP contribution < -0.4 is 15.4 Å². The van der Waals surface area contributed by atoms with Crippen LogP contribution in [-0.2, 0) is 9.47 Å². The molecule has 2 aromatic rings. The summed E-state index contributed by atoms with van der Waals surface area (Å²) in [7, 11) is 1.51. The lowest BCUT2D eigenvalue weighted by atomic mass is 10.1. The summed E-state index contributed by atoms with van der Waals surface area (Å²) in [5.74, 6) is -1.25. The molecule has 1 amide bonds. The van der Waals surface area contributed by atoms with Crippen LogP contribution in [0.1, 0.15) is 49.8 Å². The molecule has 0 fully saturated rings. The monoisotopic (exact) mass is 536 g/mol. The molecule has 1 heterocycles. The highest BCUT2D eigenvalue weighted by atomic mass is 35.6. The van der Waals surface area contributed by atoms with E-state index in [-0.39, 0.29) is 34.2 Å². The fourth-order valence-electron chi connectivity index (χ4n) is 2.74. The van der Waals surface area contributed by atoms with Gasteiger partial charge in [0.25, 0.3) is 5.91 Å². The second-order valence-electron chi connectivity index (χ2n) is 6.52. The summed E-state index contributed by atoms with van der Waals surface area (Å²) in [6, 6.07) is 6.31. The number of hydrogen-bond donors (Lipinski definition) is 2. The third-order valence-electron chi connectivity index (χ3n) is 4.32. The first-order chi connectivity index (χ1) is 15.5. The third kappa shape index (κ3) is 6.89. The van der Waals surface area contributed by atoms with Crippen molar-refractivity contribution in [2.75, 3.05) is 25.6 Å². The molecule has 1 atom stereocenters. The summed E-state index contributed by atoms with van der Waals surface area (Å²) < 4.78 is 13.2. The number of alkyl halides is 3. The molecule has 0 radical (unpaired) electrons. The average Bonchev–Trinajstić information content (AvgIpc) is 3.09. The molecule has 1 unspecified atom stereocenters. The topological polar surface area (TPSA) is 103 Å². The first-order valence-electron chi connectivity index (χ1n) is 9.79. The molecule has 0 spiro atoms. The molecule has 2 rings (SSSR count). The highest BCUT2D eigenvalue weighted by Gasteiger charge is 2.37. The fourth-order valence-corrected chi connectivity index (χ4v) is 4.19. The normalized spacial score (nSPS) is 12.0. The van der Waals surface area contributed by atoms with Crippen molar-refractivity contribution in [1.29, 1.82) is 0 Å². The molecule has 0 aliphatic rings. The van der Waals surface area contributed by atoms with E-state index >= 15 is 0 Å². The molecule has 0 bridgehead atoms. The largest absolute Gasteiger partial charge is 0.497 e. The van der Waals surface area contributed by atoms with Crippen molar-refractivity contribution < 1.29 is 28.6 Å². The second-order valence-corrected chi connectivity index (χ2v) is 9.91. The lowest BCUT2D eigenvalue weighted by molar-refractivity contribution is 0.0527. The number of nitrogens with one attached hydrogen (secondary N) is 2. The van der Waals surface area contributed by atoms with Gasteiger partial charge in [0, 0.05) is 5.56 Å². The van der Waals surface area contributed by atoms with E-state index in [0.717, 1.165) is 11.3 Å². The standard InChI is InChI=1S/C21H23Cl3N2O6S/c1-5-31-18(28)14-11(3)15(19(29)32-6-2)33-17(14)26-20(21(22,23)24)25-16(27)12-7-9-13(30-4)10-8-12/h7-10,20,26H,5-6H2,1-4H3,(H,25,27). The van der Waals surface area contributed by atoms with Gasteiger partial charge < -0.3 is 24.8 Å². The Bertz CT molecular complexity index is 1000. The number of thiophene rings is 1. The molecule has 0 saturated carbocycles. The molecule has 1 aromatic heterocycles. The van der Waals surface area contributed by atoms with E-state index in [1.807, 2.05) is 0 Å². The van der Waals surface area contributed by atoms with Gasteiger partial charge in [0.2, 0.25) is 3.79 Å². The SMILES string of the molecule is CCOC(=O)c1sc(NC(NC(=O)c2ccc(OC)cc2)C(Cl)(Cl)Cl)c(C(=O)OCC)c1C. The second kappa shape index (κ2) is 11.8. The number of carbonyl (C=O) groups is 3. The molecule has 12 heteroatoms. The van der Waals surface area contributed by atoms with Crippen molar-refractivity contribution in [1.82, 2.24) is 5.32 Å². The first kappa shape index (κ1) is 27.0. The molecule has 2 N–H and O–H groups in total. The maximum Gasteiger partial charge on any atom is 0.348 e. The Morgan fingerprint density at radius 2 is 1.61 bits per heavy atom. The number of amides is 1. The van der Waals surface area contributed by atoms with Gasteiger partial charge in [-0.1, -0.05) is 34.8 Å². The molecule has 0 saturated heterocycles. The Morgan fingerprint density at radius 1 is 1.03 bits per heavy atom. The van der Waals surface area contributed by atoms with E-state index in [2.05, 4.69) is 10.6 Å².